The van der Waals surface area contributed by atoms with Gasteiger partial charge in [-0.05, 0) is 43.6 Å². The minimum atomic E-state index is -0.437. The molecule has 0 saturated carbocycles. The number of nitrogens with zero attached hydrogens (tertiary/aromatic N) is 2. The Hall–Kier alpha value is -2.25. The number of carbonyl (C=O) groups excluding carboxylic acids is 2. The molecule has 0 spiro atoms. The van der Waals surface area contributed by atoms with Crippen molar-refractivity contribution in [2.24, 2.45) is 5.73 Å². The zero-order valence-electron chi connectivity index (χ0n) is 13.3. The highest BCUT2D eigenvalue weighted by Gasteiger charge is 2.14. The molecule has 0 atom stereocenters. The van der Waals surface area contributed by atoms with Crippen LogP contribution in [0.1, 0.15) is 34.5 Å². The first-order valence-corrected chi connectivity index (χ1v) is 8.83. The van der Waals surface area contributed by atoms with Gasteiger partial charge in [0.2, 0.25) is 5.91 Å². The number of primary amides is 1. The minimum Gasteiger partial charge on any atom is -0.369 e. The third kappa shape index (κ3) is 4.39. The Morgan fingerprint density at radius 2 is 2.08 bits per heavy atom. The minimum absolute atomic E-state index is 0.0810. The summed E-state index contributed by atoms with van der Waals surface area (Å²) < 4.78 is 0. The van der Waals surface area contributed by atoms with Crippen LogP contribution in [0.3, 0.4) is 0 Å². The highest BCUT2D eigenvalue weighted by atomic mass is 32.1. The molecule has 6 nitrogen and oxygen atoms in total. The fourth-order valence-electron chi connectivity index (χ4n) is 2.80. The van der Waals surface area contributed by atoms with Gasteiger partial charge in [-0.3, -0.25) is 19.8 Å². The molecule has 0 unspecified atom stereocenters. The van der Waals surface area contributed by atoms with Crippen molar-refractivity contribution in [3.8, 4) is 0 Å². The van der Waals surface area contributed by atoms with E-state index in [1.165, 1.54) is 24.2 Å². The van der Waals surface area contributed by atoms with Gasteiger partial charge < -0.3 is 5.73 Å². The van der Waals surface area contributed by atoms with Crippen LogP contribution in [0.25, 0.3) is 0 Å². The maximum absolute atomic E-state index is 12.4. The molecule has 2 amide bonds. The van der Waals surface area contributed by atoms with Crippen molar-refractivity contribution in [1.82, 2.24) is 9.88 Å². The van der Waals surface area contributed by atoms with E-state index in [1.807, 2.05) is 18.2 Å². The van der Waals surface area contributed by atoms with Gasteiger partial charge >= 0.3 is 0 Å². The number of hydrogen-bond acceptors (Lipinski definition) is 5. The first-order chi connectivity index (χ1) is 11.6. The van der Waals surface area contributed by atoms with Crippen LogP contribution in [0.5, 0.6) is 0 Å². The highest BCUT2D eigenvalue weighted by Crippen LogP contribution is 2.18. The second-order valence-corrected chi connectivity index (χ2v) is 6.78. The lowest BCUT2D eigenvalue weighted by atomic mass is 10.1. The lowest BCUT2D eigenvalue weighted by Gasteiger charge is -2.14. The molecule has 7 heteroatoms. The lowest BCUT2D eigenvalue weighted by molar-refractivity contribution is -0.117. The molecule has 3 rings (SSSR count). The third-order valence-electron chi connectivity index (χ3n) is 3.92. The van der Waals surface area contributed by atoms with Gasteiger partial charge in [-0.25, -0.2) is 4.98 Å². The molecule has 2 aromatic rings. The summed E-state index contributed by atoms with van der Waals surface area (Å²) in [5.74, 6) is -0.633. The van der Waals surface area contributed by atoms with Crippen LogP contribution in [0.15, 0.2) is 29.6 Å². The monoisotopic (exact) mass is 344 g/mol. The molecule has 1 fully saturated rings. The van der Waals surface area contributed by atoms with Gasteiger partial charge in [0.15, 0.2) is 5.13 Å². The summed E-state index contributed by atoms with van der Waals surface area (Å²) in [5, 5.41) is 4.98. The van der Waals surface area contributed by atoms with Gasteiger partial charge in [-0.1, -0.05) is 12.1 Å². The van der Waals surface area contributed by atoms with Gasteiger partial charge in [0.05, 0.1) is 12.1 Å². The average molecular weight is 344 g/mol. The van der Waals surface area contributed by atoms with E-state index in [0.29, 0.717) is 16.4 Å². The van der Waals surface area contributed by atoms with E-state index in [0.717, 1.165) is 25.2 Å². The topological polar surface area (TPSA) is 88.3 Å². The zero-order valence-corrected chi connectivity index (χ0v) is 14.1. The lowest BCUT2D eigenvalue weighted by Crippen LogP contribution is -2.19. The predicted octanol–water partition coefficient (Wildman–Crippen LogP) is 2.02. The van der Waals surface area contributed by atoms with Gasteiger partial charge in [-0.15, -0.1) is 11.3 Å². The summed E-state index contributed by atoms with van der Waals surface area (Å²) in [7, 11) is 0. The number of nitrogens with two attached hydrogens (primary N) is 1. The van der Waals surface area contributed by atoms with Crippen LogP contribution in [0, 0.1) is 0 Å². The number of carbonyl (C=O) groups is 2. The SMILES string of the molecule is NC(=O)Cc1csc(NC(=O)c2cccc(CN3CCCC3)c2)n1. The van der Waals surface area contributed by atoms with E-state index in [4.69, 9.17) is 5.73 Å². The van der Waals surface area contributed by atoms with Crippen molar-refractivity contribution in [2.45, 2.75) is 25.8 Å². The number of amides is 2. The molecule has 3 N–H and O–H groups in total. The van der Waals surface area contributed by atoms with Gasteiger partial charge in [0.25, 0.3) is 5.91 Å². The van der Waals surface area contributed by atoms with Crippen LogP contribution >= 0.6 is 11.3 Å². The van der Waals surface area contributed by atoms with Crippen LogP contribution in [-0.4, -0.2) is 34.8 Å². The Kier molecular flexibility index (Phi) is 5.22. The van der Waals surface area contributed by atoms with Crippen LogP contribution in [-0.2, 0) is 17.8 Å². The number of thiazole rings is 1. The van der Waals surface area contributed by atoms with Gasteiger partial charge in [0.1, 0.15) is 0 Å². The molecule has 0 bridgehead atoms. The Morgan fingerprint density at radius 1 is 1.29 bits per heavy atom. The summed E-state index contributed by atoms with van der Waals surface area (Å²) in [6.07, 6.45) is 2.58. The highest BCUT2D eigenvalue weighted by molar-refractivity contribution is 7.14. The van der Waals surface area contributed by atoms with E-state index in [2.05, 4.69) is 15.2 Å². The molecule has 2 heterocycles. The number of nitrogens with one attached hydrogen (secondary N) is 1. The third-order valence-corrected chi connectivity index (χ3v) is 4.73. The smallest absolute Gasteiger partial charge is 0.257 e. The molecule has 24 heavy (non-hydrogen) atoms. The molecule has 1 aromatic carbocycles. The summed E-state index contributed by atoms with van der Waals surface area (Å²) in [4.78, 5) is 29.9. The van der Waals surface area contributed by atoms with E-state index in [9.17, 15) is 9.59 Å². The van der Waals surface area contributed by atoms with Crippen molar-refractivity contribution in [3.63, 3.8) is 0 Å². The van der Waals surface area contributed by atoms with Crippen LogP contribution < -0.4 is 11.1 Å². The molecule has 0 radical (unpaired) electrons. The van der Waals surface area contributed by atoms with Crippen molar-refractivity contribution >= 4 is 28.3 Å². The second kappa shape index (κ2) is 7.55. The summed E-state index contributed by atoms with van der Waals surface area (Å²) in [5.41, 5.74) is 7.47. The van der Waals surface area contributed by atoms with Gasteiger partial charge in [-0.2, -0.15) is 0 Å². The summed E-state index contributed by atoms with van der Waals surface area (Å²) in [6, 6.07) is 7.66. The normalized spacial score (nSPS) is 14.7. The maximum Gasteiger partial charge on any atom is 0.257 e. The standard InChI is InChI=1S/C17H20N4O2S/c18-15(22)9-14-11-24-17(19-14)20-16(23)13-5-3-4-12(8-13)10-21-6-1-2-7-21/h3-5,8,11H,1-2,6-7,9-10H2,(H2,18,22)(H,19,20,23). The number of anilines is 1. The molecule has 1 aliphatic heterocycles. The Balaban J connectivity index is 1.63. The average Bonchev–Trinajstić information content (AvgIpc) is 3.19. The van der Waals surface area contributed by atoms with E-state index < -0.39 is 5.91 Å². The fraction of sp³-hybridized carbons (Fsp3) is 0.353. The quantitative estimate of drug-likeness (QED) is 0.839. The van der Waals surface area contributed by atoms with E-state index >= 15 is 0 Å². The first-order valence-electron chi connectivity index (χ1n) is 7.95. The number of hydrogen-bond donors (Lipinski definition) is 2. The van der Waals surface area contributed by atoms with E-state index in [1.54, 1.807) is 11.4 Å². The Labute approximate surface area is 144 Å². The predicted molar refractivity (Wildman–Crippen MR) is 93.9 cm³/mol. The van der Waals surface area contributed by atoms with Crippen molar-refractivity contribution < 1.29 is 9.59 Å². The van der Waals surface area contributed by atoms with Crippen LogP contribution in [0.2, 0.25) is 0 Å². The maximum atomic E-state index is 12.4. The van der Waals surface area contributed by atoms with Crippen LogP contribution in [0.4, 0.5) is 5.13 Å². The summed E-state index contributed by atoms with van der Waals surface area (Å²) >= 11 is 1.29. The largest absolute Gasteiger partial charge is 0.369 e. The first kappa shape index (κ1) is 16.6. The van der Waals surface area contributed by atoms with Crippen molar-refractivity contribution in [1.29, 1.82) is 0 Å². The Bertz CT molecular complexity index is 738. The molecular weight excluding hydrogens is 324 g/mol. The number of aromatic nitrogens is 1. The zero-order chi connectivity index (χ0) is 16.9. The summed E-state index contributed by atoms with van der Waals surface area (Å²) in [6.45, 7) is 3.12. The number of rotatable bonds is 6. The molecule has 1 saturated heterocycles. The van der Waals surface area contributed by atoms with Crippen molar-refractivity contribution in [3.05, 3.63) is 46.5 Å². The van der Waals surface area contributed by atoms with Gasteiger partial charge in [0, 0.05) is 17.5 Å². The molecule has 1 aliphatic rings. The number of likely N-dealkylation sites (tertiary alicyclic amines) is 1. The fourth-order valence-corrected chi connectivity index (χ4v) is 3.51. The Morgan fingerprint density at radius 3 is 2.83 bits per heavy atom. The molecular formula is C17H20N4O2S. The second-order valence-electron chi connectivity index (χ2n) is 5.92. The number of benzene rings is 1. The molecule has 1 aromatic heterocycles. The molecule has 126 valence electrons. The van der Waals surface area contributed by atoms with E-state index in [-0.39, 0.29) is 12.3 Å². The molecule has 0 aliphatic carbocycles. The van der Waals surface area contributed by atoms with Crippen molar-refractivity contribution in [2.75, 3.05) is 18.4 Å².